The number of hydrogen-bond donors (Lipinski definition) is 0. The minimum Gasteiger partial charge on any atom is -0.240 e. The van der Waals surface area contributed by atoms with E-state index in [0.29, 0.717) is 0 Å². The van der Waals surface area contributed by atoms with Gasteiger partial charge in [-0.05, 0) is 5.47 Å². The predicted octanol–water partition coefficient (Wildman–Crippen LogP) is 1.03. The van der Waals surface area contributed by atoms with E-state index >= 15 is 0 Å². The van der Waals surface area contributed by atoms with Gasteiger partial charge in [0.15, 0.2) is 12.3 Å². The summed E-state index contributed by atoms with van der Waals surface area (Å²) >= 11 is 0. The molecular formula is C4H2BF3. The van der Waals surface area contributed by atoms with Gasteiger partial charge in [-0.1, -0.05) is 0 Å². The highest BCUT2D eigenvalue weighted by atomic mass is 19.2. The Kier molecular flexibility index (Phi) is 1.10. The molecule has 0 fully saturated rings. The first kappa shape index (κ1) is 5.73. The minimum atomic E-state index is -2.10. The molecule has 0 nitrogen and oxygen atoms in total. The van der Waals surface area contributed by atoms with Crippen molar-refractivity contribution < 1.29 is 13.2 Å². The molecule has 0 saturated heterocycles. The quantitative estimate of drug-likeness (QED) is 0.416. The molecule has 0 aromatic heterocycles. The van der Waals surface area contributed by atoms with Gasteiger partial charge in [0.1, 0.15) is 13.7 Å². The van der Waals surface area contributed by atoms with Gasteiger partial charge in [0.05, 0.1) is 0 Å². The number of rotatable bonds is 0. The SMILES string of the molecule is [B]C1=C(F)C(F)[C@H]1F. The van der Waals surface area contributed by atoms with E-state index in [9.17, 15) is 13.2 Å². The van der Waals surface area contributed by atoms with Crippen molar-refractivity contribution >= 4 is 7.85 Å². The van der Waals surface area contributed by atoms with E-state index in [1.54, 1.807) is 0 Å². The van der Waals surface area contributed by atoms with Crippen LogP contribution in [0.2, 0.25) is 0 Å². The molecule has 8 heavy (non-hydrogen) atoms. The Balaban J connectivity index is 2.74. The summed E-state index contributed by atoms with van der Waals surface area (Å²) in [6.45, 7) is 0. The normalized spacial score (nSPS) is 37.4. The second kappa shape index (κ2) is 1.54. The third-order valence-corrected chi connectivity index (χ3v) is 1.07. The zero-order valence-corrected chi connectivity index (χ0v) is 3.87. The first-order chi connectivity index (χ1) is 3.64. The molecule has 42 valence electrons. The molecule has 0 aromatic rings. The summed E-state index contributed by atoms with van der Waals surface area (Å²) in [6.07, 6.45) is -4.01. The van der Waals surface area contributed by atoms with Crippen molar-refractivity contribution in [2.75, 3.05) is 0 Å². The Morgan fingerprint density at radius 2 is 1.75 bits per heavy atom. The number of allylic oxidation sites excluding steroid dienone is 2. The molecule has 1 aliphatic carbocycles. The molecule has 2 radical (unpaired) electrons. The van der Waals surface area contributed by atoms with E-state index in [1.807, 2.05) is 0 Å². The van der Waals surface area contributed by atoms with Gasteiger partial charge >= 0.3 is 0 Å². The van der Waals surface area contributed by atoms with Crippen LogP contribution in [0.15, 0.2) is 11.3 Å². The topological polar surface area (TPSA) is 0 Å². The van der Waals surface area contributed by atoms with E-state index in [-0.39, 0.29) is 0 Å². The summed E-state index contributed by atoms with van der Waals surface area (Å²) in [6, 6.07) is 0. The van der Waals surface area contributed by atoms with Gasteiger partial charge in [0.25, 0.3) is 0 Å². The molecule has 1 rings (SSSR count). The van der Waals surface area contributed by atoms with Crippen LogP contribution in [-0.4, -0.2) is 20.2 Å². The lowest BCUT2D eigenvalue weighted by atomic mass is 9.78. The van der Waals surface area contributed by atoms with Crippen molar-refractivity contribution in [1.82, 2.24) is 0 Å². The maximum absolute atomic E-state index is 11.8. The van der Waals surface area contributed by atoms with Crippen molar-refractivity contribution in [3.8, 4) is 0 Å². The first-order valence-electron chi connectivity index (χ1n) is 2.07. The Labute approximate surface area is 45.8 Å². The Hall–Kier alpha value is -0.405. The monoisotopic (exact) mass is 118 g/mol. The molecule has 0 aliphatic heterocycles. The van der Waals surface area contributed by atoms with Crippen LogP contribution in [0, 0.1) is 0 Å². The fourth-order valence-corrected chi connectivity index (χ4v) is 0.481. The zero-order chi connectivity index (χ0) is 6.31. The predicted molar refractivity (Wildman–Crippen MR) is 23.7 cm³/mol. The van der Waals surface area contributed by atoms with Gasteiger partial charge in [-0.3, -0.25) is 0 Å². The Morgan fingerprint density at radius 1 is 1.25 bits per heavy atom. The molecule has 2 atom stereocenters. The third-order valence-electron chi connectivity index (χ3n) is 1.07. The average Bonchev–Trinajstić information content (AvgIpc) is 1.83. The van der Waals surface area contributed by atoms with Gasteiger partial charge in [0.2, 0.25) is 0 Å². The van der Waals surface area contributed by atoms with E-state index in [0.717, 1.165) is 0 Å². The van der Waals surface area contributed by atoms with E-state index < -0.39 is 23.6 Å². The van der Waals surface area contributed by atoms with Gasteiger partial charge in [-0.2, -0.15) is 0 Å². The lowest BCUT2D eigenvalue weighted by molar-refractivity contribution is 0.164. The van der Waals surface area contributed by atoms with Crippen LogP contribution in [0.4, 0.5) is 13.2 Å². The lowest BCUT2D eigenvalue weighted by Crippen LogP contribution is -2.32. The summed E-state index contributed by atoms with van der Waals surface area (Å²) in [5.41, 5.74) is -0.600. The fourth-order valence-electron chi connectivity index (χ4n) is 0.481. The number of alkyl halides is 2. The molecule has 0 N–H and O–H groups in total. The maximum atomic E-state index is 11.8. The summed E-state index contributed by atoms with van der Waals surface area (Å²) < 4.78 is 35.1. The number of hydrogen-bond acceptors (Lipinski definition) is 0. The first-order valence-corrected chi connectivity index (χ1v) is 2.07. The lowest BCUT2D eigenvalue weighted by Gasteiger charge is -2.23. The van der Waals surface area contributed by atoms with Crippen LogP contribution >= 0.6 is 0 Å². The fraction of sp³-hybridized carbons (Fsp3) is 0.500. The highest BCUT2D eigenvalue weighted by Gasteiger charge is 2.38. The van der Waals surface area contributed by atoms with Crippen LogP contribution < -0.4 is 0 Å². The average molecular weight is 118 g/mol. The largest absolute Gasteiger partial charge is 0.240 e. The standard InChI is InChI=1S/C4H2BF3/c5-1-2(6)4(8)3(1)7/h2,4H/t2-,4?/m0/s1. The van der Waals surface area contributed by atoms with Crippen LogP contribution in [0.1, 0.15) is 0 Å². The molecule has 1 unspecified atom stereocenters. The molecule has 0 bridgehead atoms. The summed E-state index contributed by atoms with van der Waals surface area (Å²) in [5.74, 6) is -1.16. The molecule has 0 amide bonds. The van der Waals surface area contributed by atoms with E-state index in [2.05, 4.69) is 7.85 Å². The molecule has 0 saturated carbocycles. The highest BCUT2D eigenvalue weighted by Crippen LogP contribution is 2.32. The van der Waals surface area contributed by atoms with Crippen molar-refractivity contribution in [3.05, 3.63) is 11.3 Å². The maximum Gasteiger partial charge on any atom is 0.185 e. The van der Waals surface area contributed by atoms with Crippen molar-refractivity contribution in [1.29, 1.82) is 0 Å². The molecule has 0 spiro atoms. The van der Waals surface area contributed by atoms with E-state index in [1.165, 1.54) is 0 Å². The summed E-state index contributed by atoms with van der Waals surface area (Å²) in [4.78, 5) is 0. The second-order valence-electron chi connectivity index (χ2n) is 1.61. The molecule has 1 aliphatic rings. The van der Waals surface area contributed by atoms with E-state index in [4.69, 9.17) is 0 Å². The summed E-state index contributed by atoms with van der Waals surface area (Å²) in [7, 11) is 4.65. The van der Waals surface area contributed by atoms with Crippen molar-refractivity contribution in [2.24, 2.45) is 0 Å². The van der Waals surface area contributed by atoms with Gasteiger partial charge < -0.3 is 0 Å². The molecular weight excluding hydrogens is 116 g/mol. The molecule has 4 heteroatoms. The van der Waals surface area contributed by atoms with Crippen molar-refractivity contribution in [2.45, 2.75) is 12.3 Å². The Morgan fingerprint density at radius 3 is 1.88 bits per heavy atom. The minimum absolute atomic E-state index is 0.600. The van der Waals surface area contributed by atoms with Crippen LogP contribution in [0.5, 0.6) is 0 Å². The summed E-state index contributed by atoms with van der Waals surface area (Å²) in [5, 5.41) is 0. The zero-order valence-electron chi connectivity index (χ0n) is 3.87. The molecule has 0 heterocycles. The van der Waals surface area contributed by atoms with Gasteiger partial charge in [0, 0.05) is 0 Å². The Bertz CT molecular complexity index is 126. The van der Waals surface area contributed by atoms with Gasteiger partial charge in [-0.15, -0.1) is 0 Å². The highest BCUT2D eigenvalue weighted by molar-refractivity contribution is 6.23. The van der Waals surface area contributed by atoms with Crippen LogP contribution in [0.25, 0.3) is 0 Å². The smallest absolute Gasteiger partial charge is 0.185 e. The molecule has 0 aromatic carbocycles. The van der Waals surface area contributed by atoms with Gasteiger partial charge in [-0.25, -0.2) is 13.2 Å². The van der Waals surface area contributed by atoms with Crippen LogP contribution in [-0.2, 0) is 0 Å². The van der Waals surface area contributed by atoms with Crippen molar-refractivity contribution in [3.63, 3.8) is 0 Å². The third kappa shape index (κ3) is 0.486. The number of halogens is 3. The second-order valence-corrected chi connectivity index (χ2v) is 1.61. The van der Waals surface area contributed by atoms with Crippen LogP contribution in [0.3, 0.4) is 0 Å².